The summed E-state index contributed by atoms with van der Waals surface area (Å²) in [5.41, 5.74) is 4.13. The number of ether oxygens (including phenoxy) is 2. The fourth-order valence-electron chi connectivity index (χ4n) is 4.39. The lowest BCUT2D eigenvalue weighted by molar-refractivity contribution is 0.105. The summed E-state index contributed by atoms with van der Waals surface area (Å²) in [6, 6.07) is 23.2. The van der Waals surface area contributed by atoms with Crippen molar-refractivity contribution < 1.29 is 23.0 Å². The Hall–Kier alpha value is -3.07. The zero-order chi connectivity index (χ0) is 25.4. The smallest absolute Gasteiger partial charge is 0.229 e. The quantitative estimate of drug-likeness (QED) is 0.343. The van der Waals surface area contributed by atoms with E-state index in [4.69, 9.17) is 9.47 Å². The molecule has 3 N–H and O–H groups in total. The summed E-state index contributed by atoms with van der Waals surface area (Å²) >= 11 is 0. The maximum Gasteiger partial charge on any atom is 0.229 e. The molecule has 1 aliphatic rings. The molecule has 8 heteroatoms. The summed E-state index contributed by atoms with van der Waals surface area (Å²) in [5, 5.41) is 13.8. The SMILES string of the molecule is CS(=O)(=O)Nc1cc(OC[C@@H](O)CNCC2CCc3ccccc3C2)ccc1OCc1ccccc1. The molecule has 0 fully saturated rings. The van der Waals surface area contributed by atoms with Crippen molar-refractivity contribution in [2.24, 2.45) is 5.92 Å². The molecule has 2 atom stereocenters. The van der Waals surface area contributed by atoms with Crippen LogP contribution < -0.4 is 19.5 Å². The van der Waals surface area contributed by atoms with Gasteiger partial charge in [0.05, 0.1) is 11.9 Å². The largest absolute Gasteiger partial charge is 0.491 e. The summed E-state index contributed by atoms with van der Waals surface area (Å²) in [7, 11) is -3.52. The first kappa shape index (κ1) is 26.0. The highest BCUT2D eigenvalue weighted by molar-refractivity contribution is 7.92. The minimum atomic E-state index is -3.52. The van der Waals surface area contributed by atoms with Crippen LogP contribution in [-0.2, 0) is 29.5 Å². The molecule has 0 amide bonds. The Kier molecular flexibility index (Phi) is 8.85. The number of nitrogens with one attached hydrogen (secondary N) is 2. The summed E-state index contributed by atoms with van der Waals surface area (Å²) in [6.45, 7) is 1.66. The molecule has 3 aromatic carbocycles. The van der Waals surface area contributed by atoms with Gasteiger partial charge < -0.3 is 19.9 Å². The maximum absolute atomic E-state index is 11.9. The van der Waals surface area contributed by atoms with Gasteiger partial charge in [-0.05, 0) is 60.5 Å². The molecule has 3 aromatic rings. The van der Waals surface area contributed by atoms with Crippen molar-refractivity contribution in [1.29, 1.82) is 0 Å². The monoisotopic (exact) mass is 510 g/mol. The minimum Gasteiger partial charge on any atom is -0.491 e. The van der Waals surface area contributed by atoms with Gasteiger partial charge in [0, 0.05) is 12.6 Å². The Labute approximate surface area is 213 Å². The summed E-state index contributed by atoms with van der Waals surface area (Å²) in [6.07, 6.45) is 3.70. The van der Waals surface area contributed by atoms with E-state index in [9.17, 15) is 13.5 Å². The second kappa shape index (κ2) is 12.3. The molecule has 192 valence electrons. The van der Waals surface area contributed by atoms with Crippen LogP contribution in [0.25, 0.3) is 0 Å². The number of aliphatic hydroxyl groups is 1. The zero-order valence-electron chi connectivity index (χ0n) is 20.5. The van der Waals surface area contributed by atoms with E-state index in [1.165, 1.54) is 11.1 Å². The Morgan fingerprint density at radius 1 is 1.00 bits per heavy atom. The van der Waals surface area contributed by atoms with Crippen molar-refractivity contribution in [1.82, 2.24) is 5.32 Å². The van der Waals surface area contributed by atoms with Crippen LogP contribution in [0.15, 0.2) is 72.8 Å². The van der Waals surface area contributed by atoms with Gasteiger partial charge in [-0.3, -0.25) is 4.72 Å². The third kappa shape index (κ3) is 7.98. The van der Waals surface area contributed by atoms with Crippen LogP contribution in [0.1, 0.15) is 23.1 Å². The van der Waals surface area contributed by atoms with Crippen molar-refractivity contribution in [3.05, 3.63) is 89.5 Å². The van der Waals surface area contributed by atoms with Gasteiger partial charge in [0.15, 0.2) is 0 Å². The van der Waals surface area contributed by atoms with Crippen LogP contribution in [0.2, 0.25) is 0 Å². The van der Waals surface area contributed by atoms with Gasteiger partial charge in [-0.15, -0.1) is 0 Å². The molecule has 0 radical (unpaired) electrons. The molecule has 0 bridgehead atoms. The molecule has 0 saturated carbocycles. The van der Waals surface area contributed by atoms with Gasteiger partial charge in [0.2, 0.25) is 10.0 Å². The van der Waals surface area contributed by atoms with Gasteiger partial charge in [0.1, 0.15) is 30.8 Å². The first-order valence-corrected chi connectivity index (χ1v) is 14.1. The summed E-state index contributed by atoms with van der Waals surface area (Å²) in [4.78, 5) is 0. The van der Waals surface area contributed by atoms with Crippen LogP contribution in [0, 0.1) is 5.92 Å². The first-order chi connectivity index (χ1) is 17.4. The number of aliphatic hydroxyl groups excluding tert-OH is 1. The lowest BCUT2D eigenvalue weighted by Gasteiger charge is -2.25. The number of fused-ring (bicyclic) bond motifs is 1. The molecule has 0 heterocycles. The average Bonchev–Trinajstić information content (AvgIpc) is 2.86. The van der Waals surface area contributed by atoms with E-state index in [0.717, 1.165) is 37.6 Å². The second-order valence-electron chi connectivity index (χ2n) is 9.31. The molecule has 1 aliphatic carbocycles. The Morgan fingerprint density at radius 3 is 2.53 bits per heavy atom. The van der Waals surface area contributed by atoms with E-state index in [1.807, 2.05) is 30.3 Å². The number of hydrogen-bond acceptors (Lipinski definition) is 6. The highest BCUT2D eigenvalue weighted by Gasteiger charge is 2.18. The summed E-state index contributed by atoms with van der Waals surface area (Å²) in [5.74, 6) is 1.39. The maximum atomic E-state index is 11.9. The lowest BCUT2D eigenvalue weighted by atomic mass is 9.84. The van der Waals surface area contributed by atoms with Crippen molar-refractivity contribution in [2.45, 2.75) is 32.0 Å². The standard InChI is InChI=1S/C28H34N2O5S/c1-36(32,33)30-27-16-26(13-14-28(27)35-19-21-7-3-2-4-8-21)34-20-25(31)18-29-17-22-11-12-23-9-5-6-10-24(23)15-22/h2-10,13-14,16,22,25,29-31H,11-12,15,17-20H2,1H3/t22?,25-/m0/s1. The summed E-state index contributed by atoms with van der Waals surface area (Å²) < 4.78 is 37.8. The van der Waals surface area contributed by atoms with Crippen molar-refractivity contribution in [3.8, 4) is 11.5 Å². The van der Waals surface area contributed by atoms with Gasteiger partial charge in [-0.2, -0.15) is 0 Å². The highest BCUT2D eigenvalue weighted by Crippen LogP contribution is 2.31. The van der Waals surface area contributed by atoms with Crippen LogP contribution in [0.4, 0.5) is 5.69 Å². The minimum absolute atomic E-state index is 0.0863. The molecular formula is C28H34N2O5S. The normalized spacial score (nSPS) is 16.1. The number of aryl methyl sites for hydroxylation is 1. The predicted octanol–water partition coefficient (Wildman–Crippen LogP) is 3.77. The second-order valence-corrected chi connectivity index (χ2v) is 11.1. The number of benzene rings is 3. The highest BCUT2D eigenvalue weighted by atomic mass is 32.2. The van der Waals surface area contributed by atoms with E-state index in [-0.39, 0.29) is 12.3 Å². The third-order valence-corrected chi connectivity index (χ3v) is 6.78. The van der Waals surface area contributed by atoms with Gasteiger partial charge in [-0.25, -0.2) is 8.42 Å². The van der Waals surface area contributed by atoms with Crippen molar-refractivity contribution in [2.75, 3.05) is 30.7 Å². The van der Waals surface area contributed by atoms with Crippen molar-refractivity contribution in [3.63, 3.8) is 0 Å². The number of sulfonamides is 1. The topological polar surface area (TPSA) is 96.9 Å². The van der Waals surface area contributed by atoms with Crippen LogP contribution >= 0.6 is 0 Å². The molecule has 4 rings (SSSR count). The van der Waals surface area contributed by atoms with Gasteiger partial charge in [-0.1, -0.05) is 54.6 Å². The zero-order valence-corrected chi connectivity index (χ0v) is 21.3. The molecular weight excluding hydrogens is 476 g/mol. The first-order valence-electron chi connectivity index (χ1n) is 12.2. The number of hydrogen-bond donors (Lipinski definition) is 3. The fraction of sp³-hybridized carbons (Fsp3) is 0.357. The van der Waals surface area contributed by atoms with E-state index in [0.29, 0.717) is 30.6 Å². The molecule has 0 spiro atoms. The molecule has 0 aliphatic heterocycles. The van der Waals surface area contributed by atoms with E-state index in [2.05, 4.69) is 34.3 Å². The lowest BCUT2D eigenvalue weighted by Crippen LogP contribution is -2.35. The van der Waals surface area contributed by atoms with E-state index in [1.54, 1.807) is 18.2 Å². The fourth-order valence-corrected chi connectivity index (χ4v) is 4.95. The molecule has 0 aromatic heterocycles. The molecule has 7 nitrogen and oxygen atoms in total. The average molecular weight is 511 g/mol. The Balaban J connectivity index is 1.26. The third-order valence-electron chi connectivity index (χ3n) is 6.19. The van der Waals surface area contributed by atoms with Crippen molar-refractivity contribution >= 4 is 15.7 Å². The number of anilines is 1. The van der Waals surface area contributed by atoms with Gasteiger partial charge >= 0.3 is 0 Å². The van der Waals surface area contributed by atoms with Crippen LogP contribution in [0.3, 0.4) is 0 Å². The Morgan fingerprint density at radius 2 is 1.75 bits per heavy atom. The molecule has 1 unspecified atom stereocenters. The molecule has 0 saturated heterocycles. The molecule has 36 heavy (non-hydrogen) atoms. The van der Waals surface area contributed by atoms with Crippen LogP contribution in [-0.4, -0.2) is 45.6 Å². The van der Waals surface area contributed by atoms with Gasteiger partial charge in [0.25, 0.3) is 0 Å². The van der Waals surface area contributed by atoms with E-state index < -0.39 is 16.1 Å². The number of rotatable bonds is 12. The van der Waals surface area contributed by atoms with Crippen LogP contribution in [0.5, 0.6) is 11.5 Å². The Bertz CT molecular complexity index is 1230. The predicted molar refractivity (Wildman–Crippen MR) is 142 cm³/mol. The van der Waals surface area contributed by atoms with E-state index >= 15 is 0 Å².